The van der Waals surface area contributed by atoms with Gasteiger partial charge in [0.2, 0.25) is 10.0 Å². The van der Waals surface area contributed by atoms with Gasteiger partial charge in [-0.2, -0.15) is 0 Å². The highest BCUT2D eigenvalue weighted by molar-refractivity contribution is 7.89. The lowest BCUT2D eigenvalue weighted by atomic mass is 10.0. The molecule has 19 heavy (non-hydrogen) atoms. The van der Waals surface area contributed by atoms with Crippen LogP contribution in [0.25, 0.3) is 0 Å². The van der Waals surface area contributed by atoms with Crippen LogP contribution < -0.4 is 5.32 Å². The molecule has 0 radical (unpaired) electrons. The number of hydrogen-bond acceptors (Lipinski definition) is 5. The Labute approximate surface area is 114 Å². The van der Waals surface area contributed by atoms with E-state index in [0.717, 1.165) is 25.7 Å². The monoisotopic (exact) mass is 290 g/mol. The summed E-state index contributed by atoms with van der Waals surface area (Å²) < 4.78 is 30.3. The van der Waals surface area contributed by atoms with Crippen LogP contribution in [0.15, 0.2) is 0 Å². The minimum absolute atomic E-state index is 0.0568. The van der Waals surface area contributed by atoms with E-state index < -0.39 is 16.0 Å². The van der Waals surface area contributed by atoms with Gasteiger partial charge in [0, 0.05) is 25.2 Å². The zero-order chi connectivity index (χ0) is 14.0. The van der Waals surface area contributed by atoms with E-state index in [9.17, 15) is 13.2 Å². The van der Waals surface area contributed by atoms with E-state index in [1.54, 1.807) is 7.05 Å². The summed E-state index contributed by atoms with van der Waals surface area (Å²) in [5.41, 5.74) is 0. The fourth-order valence-corrected chi connectivity index (χ4v) is 4.35. The maximum atomic E-state index is 12.2. The normalized spacial score (nSPS) is 30.6. The van der Waals surface area contributed by atoms with Crippen molar-refractivity contribution >= 4 is 16.0 Å². The summed E-state index contributed by atoms with van der Waals surface area (Å²) in [5.74, 6) is -0.655. The van der Waals surface area contributed by atoms with Crippen molar-refractivity contribution < 1.29 is 17.9 Å². The molecule has 2 aliphatic heterocycles. The van der Waals surface area contributed by atoms with Crippen LogP contribution in [0.4, 0.5) is 0 Å². The molecule has 0 amide bonds. The molecule has 6 nitrogen and oxygen atoms in total. The molecule has 2 fully saturated rings. The zero-order valence-electron chi connectivity index (χ0n) is 11.5. The van der Waals surface area contributed by atoms with Gasteiger partial charge in [-0.25, -0.2) is 12.7 Å². The first kappa shape index (κ1) is 14.7. The van der Waals surface area contributed by atoms with Crippen LogP contribution in [-0.4, -0.2) is 56.7 Å². The second-order valence-corrected chi connectivity index (χ2v) is 7.57. The molecule has 0 aromatic carbocycles. The molecule has 2 heterocycles. The smallest absolute Gasteiger partial charge is 0.306 e. The van der Waals surface area contributed by atoms with Crippen molar-refractivity contribution in [3.05, 3.63) is 0 Å². The molecular formula is C12H22N2O4S. The van der Waals surface area contributed by atoms with Crippen LogP contribution >= 0.6 is 0 Å². The van der Waals surface area contributed by atoms with Crippen molar-refractivity contribution in [3.63, 3.8) is 0 Å². The van der Waals surface area contributed by atoms with Crippen LogP contribution in [0.3, 0.4) is 0 Å². The fourth-order valence-electron chi connectivity index (χ4n) is 3.01. The van der Waals surface area contributed by atoms with Gasteiger partial charge in [0.1, 0.15) is 0 Å². The average Bonchev–Trinajstić information content (AvgIpc) is 2.73. The molecule has 2 rings (SSSR count). The fraction of sp³-hybridized carbons (Fsp3) is 0.917. The van der Waals surface area contributed by atoms with E-state index >= 15 is 0 Å². The number of methoxy groups -OCH3 is 1. The third-order valence-corrected chi connectivity index (χ3v) is 6.09. The lowest BCUT2D eigenvalue weighted by Crippen LogP contribution is -2.49. The summed E-state index contributed by atoms with van der Waals surface area (Å²) in [4.78, 5) is 11.1. The molecule has 2 aliphatic rings. The third-order valence-electron chi connectivity index (χ3n) is 4.19. The van der Waals surface area contributed by atoms with Crippen molar-refractivity contribution in [3.8, 4) is 0 Å². The summed E-state index contributed by atoms with van der Waals surface area (Å²) in [7, 11) is -0.485. The van der Waals surface area contributed by atoms with E-state index in [0.29, 0.717) is 12.1 Å². The molecule has 7 heteroatoms. The summed E-state index contributed by atoms with van der Waals surface area (Å²) in [5, 5.41) is 3.49. The predicted molar refractivity (Wildman–Crippen MR) is 71.2 cm³/mol. The van der Waals surface area contributed by atoms with Crippen LogP contribution in [-0.2, 0) is 19.6 Å². The number of sulfonamides is 1. The number of hydrogen-bond donors (Lipinski definition) is 1. The summed E-state index contributed by atoms with van der Waals surface area (Å²) in [6, 6.07) is 0.949. The minimum atomic E-state index is -3.38. The zero-order valence-corrected chi connectivity index (χ0v) is 12.3. The van der Waals surface area contributed by atoms with E-state index in [1.807, 2.05) is 0 Å². The lowest BCUT2D eigenvalue weighted by molar-refractivity contribution is -0.140. The molecule has 0 aromatic heterocycles. The molecule has 0 spiro atoms. The Morgan fingerprint density at radius 1 is 1.32 bits per heavy atom. The first-order valence-electron chi connectivity index (χ1n) is 6.71. The maximum absolute atomic E-state index is 12.2. The number of carbonyl (C=O) groups is 1. The van der Waals surface area contributed by atoms with Crippen molar-refractivity contribution in [2.45, 2.75) is 50.2 Å². The highest BCUT2D eigenvalue weighted by atomic mass is 32.2. The van der Waals surface area contributed by atoms with Gasteiger partial charge < -0.3 is 10.1 Å². The Morgan fingerprint density at radius 3 is 2.42 bits per heavy atom. The standard InChI is InChI=1S/C12H22N2O4S/c1-14(19(16,17)6-5-12(15)18-2)11-7-9-3-4-10(8-11)13-9/h9-11,13H,3-8H2,1-2H3. The summed E-state index contributed by atoms with van der Waals surface area (Å²) in [6.07, 6.45) is 3.92. The second kappa shape index (κ2) is 5.76. The number of nitrogens with one attached hydrogen (secondary N) is 1. The van der Waals surface area contributed by atoms with E-state index in [1.165, 1.54) is 11.4 Å². The van der Waals surface area contributed by atoms with Crippen molar-refractivity contribution in [1.29, 1.82) is 0 Å². The molecule has 110 valence electrons. The molecule has 2 saturated heterocycles. The summed E-state index contributed by atoms with van der Waals surface area (Å²) in [6.45, 7) is 0. The number of nitrogens with zero attached hydrogens (tertiary/aromatic N) is 1. The van der Waals surface area contributed by atoms with E-state index in [4.69, 9.17) is 0 Å². The minimum Gasteiger partial charge on any atom is -0.469 e. The van der Waals surface area contributed by atoms with Crippen molar-refractivity contribution in [2.75, 3.05) is 19.9 Å². The van der Waals surface area contributed by atoms with E-state index in [2.05, 4.69) is 10.1 Å². The summed E-state index contributed by atoms with van der Waals surface area (Å²) >= 11 is 0. The molecule has 0 saturated carbocycles. The molecule has 0 aliphatic carbocycles. The molecule has 2 bridgehead atoms. The van der Waals surface area contributed by atoms with Gasteiger partial charge in [-0.3, -0.25) is 4.79 Å². The number of esters is 1. The number of fused-ring (bicyclic) bond motifs is 2. The van der Waals surface area contributed by atoms with Gasteiger partial charge >= 0.3 is 5.97 Å². The first-order valence-corrected chi connectivity index (χ1v) is 8.32. The largest absolute Gasteiger partial charge is 0.469 e. The van der Waals surface area contributed by atoms with Gasteiger partial charge in [-0.15, -0.1) is 0 Å². The highest BCUT2D eigenvalue weighted by Gasteiger charge is 2.38. The van der Waals surface area contributed by atoms with E-state index in [-0.39, 0.29) is 18.2 Å². The SMILES string of the molecule is COC(=O)CCS(=O)(=O)N(C)C1CC2CCC(C1)N2. The molecule has 2 atom stereocenters. The number of carbonyl (C=O) groups excluding carboxylic acids is 1. The second-order valence-electron chi connectivity index (χ2n) is 5.42. The average molecular weight is 290 g/mol. The lowest BCUT2D eigenvalue weighted by Gasteiger charge is -2.34. The predicted octanol–water partition coefficient (Wildman–Crippen LogP) is 0.0941. The highest BCUT2D eigenvalue weighted by Crippen LogP contribution is 2.30. The Hall–Kier alpha value is -0.660. The number of piperidine rings is 1. The van der Waals surface area contributed by atoms with Crippen molar-refractivity contribution in [1.82, 2.24) is 9.62 Å². The quantitative estimate of drug-likeness (QED) is 0.727. The van der Waals surface area contributed by atoms with Gasteiger partial charge in [0.25, 0.3) is 0 Å². The Balaban J connectivity index is 1.94. The third kappa shape index (κ3) is 3.46. The Bertz CT molecular complexity index is 425. The van der Waals surface area contributed by atoms with Gasteiger partial charge in [0.05, 0.1) is 19.3 Å². The number of ether oxygens (including phenoxy) is 1. The molecular weight excluding hydrogens is 268 g/mol. The Kier molecular flexibility index (Phi) is 4.47. The molecule has 2 unspecified atom stereocenters. The topological polar surface area (TPSA) is 75.7 Å². The molecule has 1 N–H and O–H groups in total. The first-order chi connectivity index (χ1) is 8.92. The van der Waals surface area contributed by atoms with Gasteiger partial charge in [0.15, 0.2) is 0 Å². The van der Waals surface area contributed by atoms with Gasteiger partial charge in [-0.05, 0) is 25.7 Å². The van der Waals surface area contributed by atoms with Crippen LogP contribution in [0, 0.1) is 0 Å². The molecule has 0 aromatic rings. The van der Waals surface area contributed by atoms with Gasteiger partial charge in [-0.1, -0.05) is 0 Å². The number of rotatable bonds is 5. The Morgan fingerprint density at radius 2 is 1.89 bits per heavy atom. The maximum Gasteiger partial charge on any atom is 0.306 e. The van der Waals surface area contributed by atoms with Crippen molar-refractivity contribution in [2.24, 2.45) is 0 Å². The van der Waals surface area contributed by atoms with Crippen LogP contribution in [0.1, 0.15) is 32.1 Å². The van der Waals surface area contributed by atoms with Crippen LogP contribution in [0.2, 0.25) is 0 Å². The van der Waals surface area contributed by atoms with Crippen LogP contribution in [0.5, 0.6) is 0 Å².